The zero-order valence-corrected chi connectivity index (χ0v) is 12.0. The lowest BCUT2D eigenvalue weighted by Crippen LogP contribution is -2.62. The van der Waals surface area contributed by atoms with E-state index in [1.54, 1.807) is 0 Å². The van der Waals surface area contributed by atoms with Gasteiger partial charge in [-0.1, -0.05) is 13.8 Å². The molecule has 0 aromatic carbocycles. The molecule has 7 nitrogen and oxygen atoms in total. The van der Waals surface area contributed by atoms with E-state index in [1.807, 2.05) is 6.92 Å². The summed E-state index contributed by atoms with van der Waals surface area (Å²) in [5, 5.41) is 2.98. The molecular weight excluding hydrogens is 258 g/mol. The number of hydrogen-bond acceptors (Lipinski definition) is 6. The van der Waals surface area contributed by atoms with Crippen molar-refractivity contribution in [2.75, 3.05) is 12.0 Å². The first-order chi connectivity index (χ1) is 9.48. The Morgan fingerprint density at radius 3 is 2.75 bits per heavy atom. The number of nitrogens with one attached hydrogen (secondary N) is 2. The van der Waals surface area contributed by atoms with Crippen molar-refractivity contribution < 1.29 is 9.53 Å². The third-order valence-corrected chi connectivity index (χ3v) is 3.88. The number of ether oxygens (including phenoxy) is 1. The maximum Gasteiger partial charge on any atom is 0.271 e. The van der Waals surface area contributed by atoms with Crippen molar-refractivity contribution in [2.24, 2.45) is 11.3 Å². The molecule has 2 rings (SSSR count). The Hall–Kier alpha value is -1.73. The largest absolute Gasteiger partial charge is 0.378 e. The first-order valence-electron chi connectivity index (χ1n) is 6.70. The summed E-state index contributed by atoms with van der Waals surface area (Å²) >= 11 is 0. The molecule has 0 saturated heterocycles. The maximum absolute atomic E-state index is 12.1. The molecule has 1 aromatic heterocycles. The second-order valence-electron chi connectivity index (χ2n) is 5.46. The fourth-order valence-corrected chi connectivity index (χ4v) is 2.37. The van der Waals surface area contributed by atoms with Gasteiger partial charge in [-0.3, -0.25) is 4.79 Å². The van der Waals surface area contributed by atoms with Gasteiger partial charge < -0.3 is 15.5 Å². The number of hydrogen-bond donors (Lipinski definition) is 3. The molecule has 110 valence electrons. The summed E-state index contributed by atoms with van der Waals surface area (Å²) in [6, 6.07) is 0.0839. The van der Waals surface area contributed by atoms with Crippen LogP contribution in [0.3, 0.4) is 0 Å². The number of nitrogen functional groups attached to an aromatic ring is 1. The van der Waals surface area contributed by atoms with Gasteiger partial charge >= 0.3 is 0 Å². The van der Waals surface area contributed by atoms with Crippen LogP contribution >= 0.6 is 0 Å². The summed E-state index contributed by atoms with van der Waals surface area (Å²) in [5.41, 5.74) is 2.57. The van der Waals surface area contributed by atoms with Gasteiger partial charge in [0.05, 0.1) is 18.5 Å². The highest BCUT2D eigenvalue weighted by Crippen LogP contribution is 2.42. The minimum Gasteiger partial charge on any atom is -0.378 e. The summed E-state index contributed by atoms with van der Waals surface area (Å²) in [4.78, 5) is 20.1. The quantitative estimate of drug-likeness (QED) is 0.541. The van der Waals surface area contributed by atoms with E-state index in [0.29, 0.717) is 12.4 Å². The summed E-state index contributed by atoms with van der Waals surface area (Å²) in [6.07, 6.45) is 3.83. The van der Waals surface area contributed by atoms with E-state index < -0.39 is 0 Å². The molecule has 0 spiro atoms. The number of amides is 1. The van der Waals surface area contributed by atoms with E-state index in [-0.39, 0.29) is 29.2 Å². The minimum absolute atomic E-state index is 0.0716. The standard InChI is InChI=1S/C13H21N5O2/c1-4-20-10-5-9(13(10,2)3)17-12(19)8-6-16-11(18-14)7-15-8/h6-7,9-10H,4-5,14H2,1-3H3,(H,16,18)(H,17,19). The van der Waals surface area contributed by atoms with Crippen LogP contribution in [0, 0.1) is 5.41 Å². The average molecular weight is 279 g/mol. The van der Waals surface area contributed by atoms with Crippen LogP contribution in [0.1, 0.15) is 37.7 Å². The summed E-state index contributed by atoms with van der Waals surface area (Å²) in [5.74, 6) is 5.39. The number of nitrogens with zero attached hydrogens (tertiary/aromatic N) is 2. The number of hydrazine groups is 1. The summed E-state index contributed by atoms with van der Waals surface area (Å²) < 4.78 is 5.64. The molecule has 1 aliphatic carbocycles. The third-order valence-electron chi connectivity index (χ3n) is 3.88. The number of carbonyl (C=O) groups is 1. The van der Waals surface area contributed by atoms with Crippen LogP contribution in [0.15, 0.2) is 12.4 Å². The van der Waals surface area contributed by atoms with Gasteiger partial charge in [0.25, 0.3) is 5.91 Å². The SMILES string of the molecule is CCOC1CC(NC(=O)c2cnc(NN)cn2)C1(C)C. The third kappa shape index (κ3) is 2.73. The minimum atomic E-state index is -0.228. The van der Waals surface area contributed by atoms with Gasteiger partial charge in [-0.15, -0.1) is 0 Å². The highest BCUT2D eigenvalue weighted by molar-refractivity contribution is 5.92. The molecule has 1 saturated carbocycles. The fourth-order valence-electron chi connectivity index (χ4n) is 2.37. The molecule has 1 heterocycles. The number of anilines is 1. The molecule has 20 heavy (non-hydrogen) atoms. The zero-order valence-electron chi connectivity index (χ0n) is 12.0. The van der Waals surface area contributed by atoms with E-state index >= 15 is 0 Å². The molecule has 0 bridgehead atoms. The van der Waals surface area contributed by atoms with Gasteiger partial charge in [0.15, 0.2) is 5.82 Å². The molecule has 2 unspecified atom stereocenters. The number of nitrogens with two attached hydrogens (primary N) is 1. The number of aromatic nitrogens is 2. The van der Waals surface area contributed by atoms with E-state index in [0.717, 1.165) is 6.42 Å². The molecule has 2 atom stereocenters. The van der Waals surface area contributed by atoms with Gasteiger partial charge in [0, 0.05) is 18.1 Å². The lowest BCUT2D eigenvalue weighted by molar-refractivity contribution is -0.111. The van der Waals surface area contributed by atoms with E-state index in [1.165, 1.54) is 12.4 Å². The Kier molecular flexibility index (Phi) is 4.20. The van der Waals surface area contributed by atoms with Crippen LogP contribution in [0.4, 0.5) is 5.82 Å². The first-order valence-corrected chi connectivity index (χ1v) is 6.70. The van der Waals surface area contributed by atoms with Crippen molar-refractivity contribution in [2.45, 2.75) is 39.3 Å². The molecule has 1 aromatic rings. The molecule has 0 radical (unpaired) electrons. The van der Waals surface area contributed by atoms with Gasteiger partial charge in [-0.05, 0) is 13.3 Å². The van der Waals surface area contributed by atoms with Crippen molar-refractivity contribution in [1.29, 1.82) is 0 Å². The Bertz CT molecular complexity index is 474. The highest BCUT2D eigenvalue weighted by atomic mass is 16.5. The van der Waals surface area contributed by atoms with Crippen LogP contribution in [-0.4, -0.2) is 34.6 Å². The predicted molar refractivity (Wildman–Crippen MR) is 74.9 cm³/mol. The fraction of sp³-hybridized carbons (Fsp3) is 0.615. The van der Waals surface area contributed by atoms with Crippen LogP contribution < -0.4 is 16.6 Å². The van der Waals surface area contributed by atoms with E-state index in [9.17, 15) is 4.79 Å². The van der Waals surface area contributed by atoms with Crippen LogP contribution in [0.5, 0.6) is 0 Å². The summed E-state index contributed by atoms with van der Waals surface area (Å²) in [7, 11) is 0. The smallest absolute Gasteiger partial charge is 0.271 e. The molecule has 4 N–H and O–H groups in total. The molecule has 0 aliphatic heterocycles. The van der Waals surface area contributed by atoms with Crippen molar-refractivity contribution in [1.82, 2.24) is 15.3 Å². The van der Waals surface area contributed by atoms with Crippen LogP contribution in [0.2, 0.25) is 0 Å². The van der Waals surface area contributed by atoms with Crippen LogP contribution in [0.25, 0.3) is 0 Å². The number of carbonyl (C=O) groups excluding carboxylic acids is 1. The maximum atomic E-state index is 12.1. The van der Waals surface area contributed by atoms with Crippen molar-refractivity contribution in [3.8, 4) is 0 Å². The lowest BCUT2D eigenvalue weighted by atomic mass is 9.64. The topological polar surface area (TPSA) is 102 Å². The molecule has 1 aliphatic rings. The monoisotopic (exact) mass is 279 g/mol. The zero-order chi connectivity index (χ0) is 14.8. The van der Waals surface area contributed by atoms with Crippen LogP contribution in [-0.2, 0) is 4.74 Å². The Labute approximate surface area is 118 Å². The van der Waals surface area contributed by atoms with Crippen molar-refractivity contribution in [3.05, 3.63) is 18.1 Å². The average Bonchev–Trinajstić information content (AvgIpc) is 2.46. The molecular formula is C13H21N5O2. The van der Waals surface area contributed by atoms with Crippen molar-refractivity contribution >= 4 is 11.7 Å². The first kappa shape index (κ1) is 14.7. The molecule has 1 amide bonds. The Balaban J connectivity index is 1.95. The van der Waals surface area contributed by atoms with Gasteiger partial charge in [0.1, 0.15) is 5.69 Å². The number of rotatable bonds is 5. The second-order valence-corrected chi connectivity index (χ2v) is 5.46. The van der Waals surface area contributed by atoms with Gasteiger partial charge in [0.2, 0.25) is 0 Å². The molecule has 1 fully saturated rings. The highest BCUT2D eigenvalue weighted by Gasteiger charge is 2.49. The normalized spacial score (nSPS) is 23.8. The predicted octanol–water partition coefficient (Wildman–Crippen LogP) is 0.696. The lowest BCUT2D eigenvalue weighted by Gasteiger charge is -2.51. The van der Waals surface area contributed by atoms with Crippen molar-refractivity contribution in [3.63, 3.8) is 0 Å². The Morgan fingerprint density at radius 2 is 2.25 bits per heavy atom. The van der Waals surface area contributed by atoms with Gasteiger partial charge in [-0.25, -0.2) is 15.8 Å². The van der Waals surface area contributed by atoms with Gasteiger partial charge in [-0.2, -0.15) is 0 Å². The summed E-state index contributed by atoms with van der Waals surface area (Å²) in [6.45, 7) is 6.85. The second kappa shape index (κ2) is 5.72. The molecule has 7 heteroatoms. The Morgan fingerprint density at radius 1 is 1.50 bits per heavy atom. The van der Waals surface area contributed by atoms with E-state index in [4.69, 9.17) is 10.6 Å². The van der Waals surface area contributed by atoms with E-state index in [2.05, 4.69) is 34.6 Å².